The van der Waals surface area contributed by atoms with Crippen LogP contribution in [0.25, 0.3) is 0 Å². The van der Waals surface area contributed by atoms with E-state index in [0.717, 1.165) is 0 Å². The highest BCUT2D eigenvalue weighted by Crippen LogP contribution is 2.28. The maximum absolute atomic E-state index is 14.0. The fourth-order valence-electron chi connectivity index (χ4n) is 2.69. The van der Waals surface area contributed by atoms with Gasteiger partial charge in [-0.2, -0.15) is 0 Å². The van der Waals surface area contributed by atoms with Crippen molar-refractivity contribution >= 4 is 5.97 Å². The van der Waals surface area contributed by atoms with Gasteiger partial charge in [0.2, 0.25) is 0 Å². The van der Waals surface area contributed by atoms with Crippen LogP contribution < -0.4 is 5.56 Å². The Kier molecular flexibility index (Phi) is 6.53. The first-order chi connectivity index (χ1) is 10.5. The minimum absolute atomic E-state index is 0.216. The summed E-state index contributed by atoms with van der Waals surface area (Å²) in [4.78, 5) is 24.8. The van der Waals surface area contributed by atoms with E-state index >= 15 is 0 Å². The van der Waals surface area contributed by atoms with Crippen LogP contribution in [-0.2, 0) is 21.5 Å². The third-order valence-corrected chi connectivity index (χ3v) is 3.78. The normalized spacial score (nSPS) is 13.5. The summed E-state index contributed by atoms with van der Waals surface area (Å²) in [5, 5.41) is 0. The van der Waals surface area contributed by atoms with Gasteiger partial charge in [0.25, 0.3) is 5.56 Å². The quantitative estimate of drug-likeness (QED) is 0.547. The number of allylic oxidation sites excluding steroid dienone is 1. The van der Waals surface area contributed by atoms with E-state index in [2.05, 4.69) is 6.58 Å². The lowest BCUT2D eigenvalue weighted by molar-refractivity contribution is -0.155. The second-order valence-corrected chi connectivity index (χ2v) is 5.22. The van der Waals surface area contributed by atoms with Gasteiger partial charge in [-0.25, -0.2) is 9.18 Å². The Morgan fingerprint density at radius 3 is 2.64 bits per heavy atom. The topological polar surface area (TPSA) is 48.3 Å². The van der Waals surface area contributed by atoms with Gasteiger partial charge in [0, 0.05) is 6.20 Å². The van der Waals surface area contributed by atoms with Crippen molar-refractivity contribution in [2.45, 2.75) is 52.0 Å². The van der Waals surface area contributed by atoms with Gasteiger partial charge in [-0.15, -0.1) is 6.58 Å². The van der Waals surface area contributed by atoms with Crippen LogP contribution >= 0.6 is 0 Å². The summed E-state index contributed by atoms with van der Waals surface area (Å²) in [5.74, 6) is -1.35. The number of pyridine rings is 1. The van der Waals surface area contributed by atoms with E-state index in [1.165, 1.54) is 10.6 Å². The molecule has 4 nitrogen and oxygen atoms in total. The van der Waals surface area contributed by atoms with Crippen molar-refractivity contribution in [3.63, 3.8) is 0 Å². The summed E-state index contributed by atoms with van der Waals surface area (Å²) in [6, 6.07) is 1.19. The maximum atomic E-state index is 14.0. The van der Waals surface area contributed by atoms with E-state index in [0.29, 0.717) is 31.2 Å². The number of esters is 1. The second-order valence-electron chi connectivity index (χ2n) is 5.22. The molecule has 1 aromatic heterocycles. The van der Waals surface area contributed by atoms with E-state index in [9.17, 15) is 14.0 Å². The molecular formula is C17H24FNO3. The Morgan fingerprint density at radius 2 is 2.14 bits per heavy atom. The number of hydrogen-bond donors (Lipinski definition) is 0. The Labute approximate surface area is 130 Å². The molecule has 0 spiro atoms. The summed E-state index contributed by atoms with van der Waals surface area (Å²) in [7, 11) is 0. The molecule has 0 bridgehead atoms. The lowest BCUT2D eigenvalue weighted by Crippen LogP contribution is -2.48. The molecule has 1 atom stereocenters. The predicted molar refractivity (Wildman–Crippen MR) is 84.4 cm³/mol. The summed E-state index contributed by atoms with van der Waals surface area (Å²) < 4.78 is 20.4. The minimum atomic E-state index is -1.17. The Hall–Kier alpha value is -1.91. The number of nitrogens with zero attached hydrogens (tertiary/aromatic N) is 1. The largest absolute Gasteiger partial charge is 0.464 e. The lowest BCUT2D eigenvalue weighted by atomic mass is 9.89. The first-order valence-electron chi connectivity index (χ1n) is 7.66. The molecule has 0 fully saturated rings. The van der Waals surface area contributed by atoms with E-state index < -0.39 is 22.9 Å². The maximum Gasteiger partial charge on any atom is 0.332 e. The van der Waals surface area contributed by atoms with Gasteiger partial charge in [-0.3, -0.25) is 9.36 Å². The van der Waals surface area contributed by atoms with Crippen LogP contribution in [0.1, 0.15) is 45.6 Å². The zero-order valence-corrected chi connectivity index (χ0v) is 13.5. The molecule has 1 rings (SSSR count). The van der Waals surface area contributed by atoms with Crippen LogP contribution in [0.4, 0.5) is 4.39 Å². The summed E-state index contributed by atoms with van der Waals surface area (Å²) in [5.41, 5.74) is -1.36. The molecule has 0 amide bonds. The number of halogens is 1. The van der Waals surface area contributed by atoms with Crippen molar-refractivity contribution in [1.82, 2.24) is 4.57 Å². The molecule has 5 heteroatoms. The Bertz CT molecular complexity index is 594. The third kappa shape index (κ3) is 3.46. The SMILES string of the molecule is C=CCc1cc(F)c(=O)n(C(CC)(CCC)C(=O)OCC)c1. The van der Waals surface area contributed by atoms with Gasteiger partial charge in [0.15, 0.2) is 5.82 Å². The highest BCUT2D eigenvalue weighted by molar-refractivity contribution is 5.78. The number of aromatic nitrogens is 1. The van der Waals surface area contributed by atoms with Gasteiger partial charge in [-0.05, 0) is 37.8 Å². The molecule has 0 aromatic carbocycles. The number of carbonyl (C=O) groups is 1. The molecule has 1 heterocycles. The first kappa shape index (κ1) is 18.1. The monoisotopic (exact) mass is 309 g/mol. The van der Waals surface area contributed by atoms with Crippen LogP contribution in [0.2, 0.25) is 0 Å². The van der Waals surface area contributed by atoms with Crippen LogP contribution in [0, 0.1) is 5.82 Å². The number of carbonyl (C=O) groups excluding carboxylic acids is 1. The van der Waals surface area contributed by atoms with Crippen molar-refractivity contribution in [2.24, 2.45) is 0 Å². The van der Waals surface area contributed by atoms with Gasteiger partial charge in [0.05, 0.1) is 6.61 Å². The highest BCUT2D eigenvalue weighted by Gasteiger charge is 2.40. The fraction of sp³-hybridized carbons (Fsp3) is 0.529. The zero-order valence-electron chi connectivity index (χ0n) is 13.5. The van der Waals surface area contributed by atoms with Crippen LogP contribution in [0.5, 0.6) is 0 Å². The average molecular weight is 309 g/mol. The molecule has 1 aromatic rings. The van der Waals surface area contributed by atoms with Crippen molar-refractivity contribution in [1.29, 1.82) is 0 Å². The molecule has 122 valence electrons. The van der Waals surface area contributed by atoms with Crippen molar-refractivity contribution < 1.29 is 13.9 Å². The standard InChI is InChI=1S/C17H24FNO3/c1-5-9-13-11-14(18)15(20)19(12-13)17(7-3,10-6-2)16(21)22-8-4/h5,11-12H,1,6-10H2,2-4H3. The van der Waals surface area contributed by atoms with E-state index in [1.807, 2.05) is 6.92 Å². The van der Waals surface area contributed by atoms with Gasteiger partial charge < -0.3 is 4.74 Å². The minimum Gasteiger partial charge on any atom is -0.464 e. The molecule has 0 aliphatic heterocycles. The van der Waals surface area contributed by atoms with Crippen LogP contribution in [0.15, 0.2) is 29.7 Å². The molecule has 0 saturated carbocycles. The predicted octanol–water partition coefficient (Wildman–Crippen LogP) is 3.18. The molecule has 0 aliphatic rings. The van der Waals surface area contributed by atoms with E-state index in [1.54, 1.807) is 26.1 Å². The highest BCUT2D eigenvalue weighted by atomic mass is 19.1. The molecule has 22 heavy (non-hydrogen) atoms. The fourth-order valence-corrected chi connectivity index (χ4v) is 2.69. The average Bonchev–Trinajstić information content (AvgIpc) is 2.49. The number of ether oxygens (including phenoxy) is 1. The zero-order chi connectivity index (χ0) is 16.8. The molecule has 0 aliphatic carbocycles. The molecular weight excluding hydrogens is 285 g/mol. The van der Waals surface area contributed by atoms with Gasteiger partial charge in [0.1, 0.15) is 5.54 Å². The summed E-state index contributed by atoms with van der Waals surface area (Å²) in [6.07, 6.45) is 5.04. The van der Waals surface area contributed by atoms with E-state index in [4.69, 9.17) is 4.74 Å². The number of hydrogen-bond acceptors (Lipinski definition) is 3. The summed E-state index contributed by atoms with van der Waals surface area (Å²) in [6.45, 7) is 9.26. The van der Waals surface area contributed by atoms with Gasteiger partial charge >= 0.3 is 5.97 Å². The smallest absolute Gasteiger partial charge is 0.332 e. The van der Waals surface area contributed by atoms with Crippen molar-refractivity contribution in [3.8, 4) is 0 Å². The first-order valence-corrected chi connectivity index (χ1v) is 7.66. The number of rotatable bonds is 8. The van der Waals surface area contributed by atoms with Crippen LogP contribution in [-0.4, -0.2) is 17.1 Å². The molecule has 1 unspecified atom stereocenters. The molecule has 0 N–H and O–H groups in total. The van der Waals surface area contributed by atoms with Crippen LogP contribution in [0.3, 0.4) is 0 Å². The van der Waals surface area contributed by atoms with Gasteiger partial charge in [-0.1, -0.05) is 26.3 Å². The van der Waals surface area contributed by atoms with E-state index in [-0.39, 0.29) is 6.61 Å². The van der Waals surface area contributed by atoms with Crippen molar-refractivity contribution in [2.75, 3.05) is 6.61 Å². The lowest BCUT2D eigenvalue weighted by Gasteiger charge is -2.32. The summed E-state index contributed by atoms with van der Waals surface area (Å²) >= 11 is 0. The third-order valence-electron chi connectivity index (χ3n) is 3.78. The van der Waals surface area contributed by atoms with Crippen molar-refractivity contribution in [3.05, 3.63) is 46.7 Å². The second kappa shape index (κ2) is 7.92. The Balaban J connectivity index is 3.56. The Morgan fingerprint density at radius 1 is 1.45 bits per heavy atom. The molecule has 0 saturated heterocycles. The molecule has 0 radical (unpaired) electrons.